The van der Waals surface area contributed by atoms with Gasteiger partial charge in [-0.2, -0.15) is 5.06 Å². The zero-order valence-corrected chi connectivity index (χ0v) is 16.5. The smallest absolute Gasteiger partial charge is 0.119 e. The standard InChI is InChI=1S/C25H27NO2/c1-3-24(20-10-6-4-7-11-20)25(21-12-8-5-9-13-21)22-14-16-23(17-15-22)28-19-18-26(2)27/h4-17,27H,3,18-19H2,1-2H3/b25-24-. The minimum Gasteiger partial charge on any atom is -0.492 e. The largest absolute Gasteiger partial charge is 0.492 e. The van der Waals surface area contributed by atoms with Crippen LogP contribution in [0.2, 0.25) is 0 Å². The summed E-state index contributed by atoms with van der Waals surface area (Å²) in [5.41, 5.74) is 6.19. The third-order valence-electron chi connectivity index (χ3n) is 4.67. The summed E-state index contributed by atoms with van der Waals surface area (Å²) < 4.78 is 5.71. The van der Waals surface area contributed by atoms with Crippen molar-refractivity contribution >= 4 is 11.1 Å². The van der Waals surface area contributed by atoms with Crippen molar-refractivity contribution in [3.63, 3.8) is 0 Å². The number of likely N-dealkylation sites (N-methyl/N-ethyl adjacent to an activating group) is 1. The van der Waals surface area contributed by atoms with Crippen LogP contribution in [-0.2, 0) is 0 Å². The predicted octanol–water partition coefficient (Wildman–Crippen LogP) is 5.76. The van der Waals surface area contributed by atoms with Crippen LogP contribution in [0.1, 0.15) is 30.0 Å². The van der Waals surface area contributed by atoms with Crippen LogP contribution in [0.25, 0.3) is 11.1 Å². The number of hydroxylamine groups is 2. The molecule has 3 nitrogen and oxygen atoms in total. The van der Waals surface area contributed by atoms with Crippen molar-refractivity contribution in [3.05, 3.63) is 102 Å². The topological polar surface area (TPSA) is 32.7 Å². The molecule has 0 aliphatic rings. The molecule has 1 N–H and O–H groups in total. The van der Waals surface area contributed by atoms with Crippen molar-refractivity contribution in [2.75, 3.05) is 20.2 Å². The number of rotatable bonds is 8. The molecule has 3 heteroatoms. The van der Waals surface area contributed by atoms with E-state index in [4.69, 9.17) is 4.74 Å². The van der Waals surface area contributed by atoms with E-state index in [1.165, 1.54) is 27.8 Å². The van der Waals surface area contributed by atoms with Crippen LogP contribution >= 0.6 is 0 Å². The van der Waals surface area contributed by atoms with Gasteiger partial charge in [-0.1, -0.05) is 79.7 Å². The Morgan fingerprint density at radius 3 is 1.86 bits per heavy atom. The fourth-order valence-electron chi connectivity index (χ4n) is 3.30. The lowest BCUT2D eigenvalue weighted by Crippen LogP contribution is -2.20. The van der Waals surface area contributed by atoms with Gasteiger partial charge in [-0.05, 0) is 46.4 Å². The van der Waals surface area contributed by atoms with E-state index in [0.717, 1.165) is 17.2 Å². The molecule has 3 aromatic carbocycles. The third-order valence-corrected chi connectivity index (χ3v) is 4.67. The number of hydrogen-bond donors (Lipinski definition) is 1. The van der Waals surface area contributed by atoms with Crippen molar-refractivity contribution in [3.8, 4) is 5.75 Å². The number of allylic oxidation sites excluding steroid dienone is 1. The van der Waals surface area contributed by atoms with Crippen molar-refractivity contribution in [1.29, 1.82) is 0 Å². The lowest BCUT2D eigenvalue weighted by Gasteiger charge is -2.17. The van der Waals surface area contributed by atoms with E-state index in [1.807, 2.05) is 18.2 Å². The molecule has 0 spiro atoms. The Labute approximate surface area is 167 Å². The molecule has 0 saturated carbocycles. The van der Waals surface area contributed by atoms with Crippen LogP contribution in [-0.4, -0.2) is 30.5 Å². The van der Waals surface area contributed by atoms with Crippen LogP contribution < -0.4 is 4.74 Å². The Morgan fingerprint density at radius 1 is 0.786 bits per heavy atom. The van der Waals surface area contributed by atoms with Gasteiger partial charge in [0, 0.05) is 7.05 Å². The van der Waals surface area contributed by atoms with Gasteiger partial charge in [0.2, 0.25) is 0 Å². The van der Waals surface area contributed by atoms with Crippen LogP contribution in [0.4, 0.5) is 0 Å². The van der Waals surface area contributed by atoms with Crippen LogP contribution in [0.15, 0.2) is 84.9 Å². The van der Waals surface area contributed by atoms with Gasteiger partial charge >= 0.3 is 0 Å². The van der Waals surface area contributed by atoms with Crippen LogP contribution in [0, 0.1) is 0 Å². The highest BCUT2D eigenvalue weighted by atomic mass is 16.5. The zero-order chi connectivity index (χ0) is 19.8. The normalized spacial score (nSPS) is 12.0. The molecule has 0 aliphatic carbocycles. The van der Waals surface area contributed by atoms with E-state index in [1.54, 1.807) is 7.05 Å². The summed E-state index contributed by atoms with van der Waals surface area (Å²) in [7, 11) is 1.61. The van der Waals surface area contributed by atoms with Gasteiger partial charge in [0.05, 0.1) is 6.54 Å². The van der Waals surface area contributed by atoms with E-state index in [9.17, 15) is 5.21 Å². The molecule has 0 aliphatic heterocycles. The monoisotopic (exact) mass is 373 g/mol. The van der Waals surface area contributed by atoms with Gasteiger partial charge in [0.1, 0.15) is 12.4 Å². The van der Waals surface area contributed by atoms with Gasteiger partial charge in [0.25, 0.3) is 0 Å². The molecule has 144 valence electrons. The van der Waals surface area contributed by atoms with E-state index < -0.39 is 0 Å². The van der Waals surface area contributed by atoms with Crippen molar-refractivity contribution < 1.29 is 9.94 Å². The lowest BCUT2D eigenvalue weighted by molar-refractivity contribution is -0.0713. The van der Waals surface area contributed by atoms with Crippen molar-refractivity contribution in [2.45, 2.75) is 13.3 Å². The third kappa shape index (κ3) is 5.10. The first-order valence-electron chi connectivity index (χ1n) is 9.66. The molecule has 0 radical (unpaired) electrons. The highest BCUT2D eigenvalue weighted by Gasteiger charge is 2.13. The maximum atomic E-state index is 9.22. The van der Waals surface area contributed by atoms with Crippen molar-refractivity contribution in [1.82, 2.24) is 5.06 Å². The Morgan fingerprint density at radius 2 is 1.32 bits per heavy atom. The zero-order valence-electron chi connectivity index (χ0n) is 16.5. The predicted molar refractivity (Wildman–Crippen MR) is 115 cm³/mol. The van der Waals surface area contributed by atoms with Gasteiger partial charge in [-0.15, -0.1) is 0 Å². The second-order valence-electron chi connectivity index (χ2n) is 6.69. The van der Waals surface area contributed by atoms with Gasteiger partial charge in [-0.3, -0.25) is 0 Å². The first kappa shape index (κ1) is 19.9. The second-order valence-corrected chi connectivity index (χ2v) is 6.69. The fraction of sp³-hybridized carbons (Fsp3) is 0.200. The molecule has 0 saturated heterocycles. The molecular formula is C25H27NO2. The molecular weight excluding hydrogens is 346 g/mol. The number of nitrogens with zero attached hydrogens (tertiary/aromatic N) is 1. The van der Waals surface area contributed by atoms with Gasteiger partial charge in [-0.25, -0.2) is 0 Å². The number of benzene rings is 3. The molecule has 0 heterocycles. The summed E-state index contributed by atoms with van der Waals surface area (Å²) in [6.07, 6.45) is 0.940. The molecule has 0 atom stereocenters. The molecule has 0 aromatic heterocycles. The maximum absolute atomic E-state index is 9.22. The molecule has 0 amide bonds. The summed E-state index contributed by atoms with van der Waals surface area (Å²) in [5.74, 6) is 0.802. The van der Waals surface area contributed by atoms with E-state index >= 15 is 0 Å². The Balaban J connectivity index is 2.00. The van der Waals surface area contributed by atoms with Crippen molar-refractivity contribution in [2.24, 2.45) is 0 Å². The second kappa shape index (κ2) is 9.88. The summed E-state index contributed by atoms with van der Waals surface area (Å²) >= 11 is 0. The summed E-state index contributed by atoms with van der Waals surface area (Å²) in [6.45, 7) is 3.11. The molecule has 3 rings (SSSR count). The molecule has 28 heavy (non-hydrogen) atoms. The Kier molecular flexibility index (Phi) is 7.01. The van der Waals surface area contributed by atoms with Gasteiger partial charge < -0.3 is 9.94 Å². The molecule has 0 unspecified atom stereocenters. The first-order valence-corrected chi connectivity index (χ1v) is 9.66. The number of ether oxygens (including phenoxy) is 1. The summed E-state index contributed by atoms with van der Waals surface area (Å²) in [4.78, 5) is 0. The molecule has 0 bridgehead atoms. The molecule has 3 aromatic rings. The highest BCUT2D eigenvalue weighted by Crippen LogP contribution is 2.34. The lowest BCUT2D eigenvalue weighted by atomic mass is 9.88. The Hall–Kier alpha value is -2.88. The fourth-order valence-corrected chi connectivity index (χ4v) is 3.30. The van der Waals surface area contributed by atoms with Crippen LogP contribution in [0.3, 0.4) is 0 Å². The minimum atomic E-state index is 0.442. The number of hydrogen-bond acceptors (Lipinski definition) is 3. The Bertz CT molecular complexity index is 885. The quantitative estimate of drug-likeness (QED) is 0.403. The molecule has 0 fully saturated rings. The SMILES string of the molecule is CC/C(=C(\c1ccccc1)c1ccc(OCCN(C)O)cc1)c1ccccc1. The average Bonchev–Trinajstić information content (AvgIpc) is 2.73. The van der Waals surface area contributed by atoms with E-state index in [-0.39, 0.29) is 0 Å². The average molecular weight is 373 g/mol. The summed E-state index contributed by atoms with van der Waals surface area (Å²) in [6, 6.07) is 29.3. The van der Waals surface area contributed by atoms with Gasteiger partial charge in [0.15, 0.2) is 0 Å². The first-order chi connectivity index (χ1) is 13.7. The van der Waals surface area contributed by atoms with Crippen LogP contribution in [0.5, 0.6) is 5.75 Å². The maximum Gasteiger partial charge on any atom is 0.119 e. The van der Waals surface area contributed by atoms with E-state index in [0.29, 0.717) is 13.2 Å². The highest BCUT2D eigenvalue weighted by molar-refractivity contribution is 5.98. The minimum absolute atomic E-state index is 0.442. The summed E-state index contributed by atoms with van der Waals surface area (Å²) in [5, 5.41) is 10.3. The van der Waals surface area contributed by atoms with E-state index in [2.05, 4.69) is 73.7 Å².